The van der Waals surface area contributed by atoms with Gasteiger partial charge >= 0.3 is 5.97 Å². The highest BCUT2D eigenvalue weighted by atomic mass is 35.5. The van der Waals surface area contributed by atoms with Gasteiger partial charge in [0.1, 0.15) is 5.82 Å². The molecule has 0 heterocycles. The fourth-order valence-corrected chi connectivity index (χ4v) is 1.98. The molecule has 1 aromatic carbocycles. The van der Waals surface area contributed by atoms with E-state index in [9.17, 15) is 14.3 Å². The molecule has 1 aromatic rings. The van der Waals surface area contributed by atoms with E-state index in [0.717, 1.165) is 12.5 Å². The Kier molecular flexibility index (Phi) is 5.56. The molecular formula is C13H16ClFO3. The number of aliphatic hydroxyl groups excluding tert-OH is 1. The summed E-state index contributed by atoms with van der Waals surface area (Å²) in [7, 11) is 0. The summed E-state index contributed by atoms with van der Waals surface area (Å²) in [6.07, 6.45) is 0.400. The van der Waals surface area contributed by atoms with Crippen LogP contribution < -0.4 is 0 Å². The zero-order valence-corrected chi connectivity index (χ0v) is 10.8. The molecule has 2 atom stereocenters. The number of carboxylic acid groups (broad SMARTS) is 1. The molecule has 2 unspecified atom stereocenters. The molecule has 0 aliphatic heterocycles. The molecule has 3 nitrogen and oxygen atoms in total. The van der Waals surface area contributed by atoms with Crippen molar-refractivity contribution in [2.75, 3.05) is 0 Å². The Hall–Kier alpha value is -1.13. The first-order chi connectivity index (χ1) is 8.47. The molecule has 0 saturated carbocycles. The molecule has 100 valence electrons. The number of aliphatic carboxylic acids is 1. The van der Waals surface area contributed by atoms with Crippen molar-refractivity contribution < 1.29 is 19.4 Å². The van der Waals surface area contributed by atoms with Crippen LogP contribution in [0.5, 0.6) is 0 Å². The summed E-state index contributed by atoms with van der Waals surface area (Å²) in [5.74, 6) is -2.79. The summed E-state index contributed by atoms with van der Waals surface area (Å²) in [6, 6.07) is 3.75. The van der Waals surface area contributed by atoms with Gasteiger partial charge in [0.05, 0.1) is 12.0 Å². The number of hydrogen-bond acceptors (Lipinski definition) is 2. The molecule has 18 heavy (non-hydrogen) atoms. The van der Waals surface area contributed by atoms with Gasteiger partial charge in [-0.3, -0.25) is 4.79 Å². The smallest absolute Gasteiger partial charge is 0.309 e. The maximum atomic E-state index is 13.6. The highest BCUT2D eigenvalue weighted by molar-refractivity contribution is 6.30. The van der Waals surface area contributed by atoms with E-state index in [1.54, 1.807) is 0 Å². The molecule has 5 heteroatoms. The molecular weight excluding hydrogens is 259 g/mol. The molecule has 0 aliphatic rings. The minimum Gasteiger partial charge on any atom is -0.481 e. The van der Waals surface area contributed by atoms with E-state index in [2.05, 4.69) is 0 Å². The number of carboxylic acids is 1. The molecule has 0 spiro atoms. The predicted molar refractivity (Wildman–Crippen MR) is 67.0 cm³/mol. The number of unbranched alkanes of at least 4 members (excludes halogenated alkanes) is 1. The van der Waals surface area contributed by atoms with Crippen LogP contribution in [0.1, 0.15) is 37.9 Å². The Morgan fingerprint density at radius 1 is 1.50 bits per heavy atom. The Bertz CT molecular complexity index is 423. The number of hydrogen-bond donors (Lipinski definition) is 2. The number of aliphatic hydroxyl groups is 1. The standard InChI is InChI=1S/C13H16ClFO3/c1-2-3-4-9(13(17)18)12(16)10-7-8(14)5-6-11(10)15/h5-7,9,12,16H,2-4H2,1H3,(H,17,18). The molecule has 0 fully saturated rings. The van der Waals surface area contributed by atoms with Gasteiger partial charge in [0.2, 0.25) is 0 Å². The molecule has 0 saturated heterocycles. The van der Waals surface area contributed by atoms with Crippen LogP contribution in [0.15, 0.2) is 18.2 Å². The zero-order chi connectivity index (χ0) is 13.7. The lowest BCUT2D eigenvalue weighted by Crippen LogP contribution is -2.22. The van der Waals surface area contributed by atoms with Gasteiger partial charge in [-0.25, -0.2) is 4.39 Å². The van der Waals surface area contributed by atoms with Crippen molar-refractivity contribution in [2.24, 2.45) is 5.92 Å². The van der Waals surface area contributed by atoms with E-state index < -0.39 is 23.8 Å². The van der Waals surface area contributed by atoms with Crippen molar-refractivity contribution >= 4 is 17.6 Å². The van der Waals surface area contributed by atoms with E-state index >= 15 is 0 Å². The first-order valence-electron chi connectivity index (χ1n) is 5.83. The molecule has 0 bridgehead atoms. The quantitative estimate of drug-likeness (QED) is 0.836. The van der Waals surface area contributed by atoms with Gasteiger partial charge in [-0.1, -0.05) is 31.4 Å². The van der Waals surface area contributed by atoms with Gasteiger partial charge in [0, 0.05) is 10.6 Å². The Balaban J connectivity index is 2.97. The van der Waals surface area contributed by atoms with E-state index in [1.807, 2.05) is 6.92 Å². The molecule has 1 rings (SSSR count). The average molecular weight is 275 g/mol. The van der Waals surface area contributed by atoms with Crippen molar-refractivity contribution in [2.45, 2.75) is 32.3 Å². The molecule has 0 amide bonds. The Morgan fingerprint density at radius 2 is 2.17 bits per heavy atom. The molecule has 0 aliphatic carbocycles. The van der Waals surface area contributed by atoms with Gasteiger partial charge < -0.3 is 10.2 Å². The average Bonchev–Trinajstić information content (AvgIpc) is 2.32. The third kappa shape index (κ3) is 3.68. The van der Waals surface area contributed by atoms with Crippen LogP contribution in [0.3, 0.4) is 0 Å². The number of halogens is 2. The summed E-state index contributed by atoms with van der Waals surface area (Å²) in [4.78, 5) is 11.1. The van der Waals surface area contributed by atoms with Crippen LogP contribution in [-0.4, -0.2) is 16.2 Å². The SMILES string of the molecule is CCCCC(C(=O)O)C(O)c1cc(Cl)ccc1F. The number of benzene rings is 1. The zero-order valence-electron chi connectivity index (χ0n) is 10.1. The van der Waals surface area contributed by atoms with Crippen molar-refractivity contribution in [1.29, 1.82) is 0 Å². The Labute approximate surface area is 110 Å². The number of rotatable bonds is 6. The lowest BCUT2D eigenvalue weighted by Gasteiger charge is -2.20. The van der Waals surface area contributed by atoms with Gasteiger partial charge in [-0.2, -0.15) is 0 Å². The summed E-state index contributed by atoms with van der Waals surface area (Å²) in [5, 5.41) is 19.3. The minimum absolute atomic E-state index is 0.0639. The second-order valence-corrected chi connectivity index (χ2v) is 4.63. The van der Waals surface area contributed by atoms with Crippen molar-refractivity contribution in [3.05, 3.63) is 34.6 Å². The fourth-order valence-electron chi connectivity index (χ4n) is 1.80. The minimum atomic E-state index is -1.38. The Morgan fingerprint density at radius 3 is 2.72 bits per heavy atom. The van der Waals surface area contributed by atoms with Crippen LogP contribution in [-0.2, 0) is 4.79 Å². The summed E-state index contributed by atoms with van der Waals surface area (Å²) < 4.78 is 13.6. The topological polar surface area (TPSA) is 57.5 Å². The van der Waals surface area contributed by atoms with Gasteiger partial charge in [-0.15, -0.1) is 0 Å². The van der Waals surface area contributed by atoms with E-state index in [0.29, 0.717) is 12.8 Å². The van der Waals surface area contributed by atoms with E-state index in [-0.39, 0.29) is 10.6 Å². The fraction of sp³-hybridized carbons (Fsp3) is 0.462. The van der Waals surface area contributed by atoms with Crippen LogP contribution in [0.4, 0.5) is 4.39 Å². The summed E-state index contributed by atoms with van der Waals surface area (Å²) >= 11 is 5.72. The third-order valence-corrected chi connectivity index (χ3v) is 3.08. The van der Waals surface area contributed by atoms with Crippen molar-refractivity contribution in [3.8, 4) is 0 Å². The first-order valence-corrected chi connectivity index (χ1v) is 6.21. The van der Waals surface area contributed by atoms with E-state index in [1.165, 1.54) is 12.1 Å². The lowest BCUT2D eigenvalue weighted by atomic mass is 9.91. The predicted octanol–water partition coefficient (Wildman–Crippen LogP) is 3.40. The van der Waals surface area contributed by atoms with Crippen LogP contribution in [0, 0.1) is 11.7 Å². The second-order valence-electron chi connectivity index (χ2n) is 4.20. The maximum Gasteiger partial charge on any atom is 0.309 e. The summed E-state index contributed by atoms with van der Waals surface area (Å²) in [5.41, 5.74) is -0.0639. The van der Waals surface area contributed by atoms with Gasteiger partial charge in [0.25, 0.3) is 0 Å². The van der Waals surface area contributed by atoms with Gasteiger partial charge in [0.15, 0.2) is 0 Å². The third-order valence-electron chi connectivity index (χ3n) is 2.84. The second kappa shape index (κ2) is 6.71. The van der Waals surface area contributed by atoms with Crippen molar-refractivity contribution in [3.63, 3.8) is 0 Å². The first kappa shape index (κ1) is 14.9. The lowest BCUT2D eigenvalue weighted by molar-refractivity contribution is -0.146. The molecule has 2 N–H and O–H groups in total. The van der Waals surface area contributed by atoms with E-state index in [4.69, 9.17) is 16.7 Å². The van der Waals surface area contributed by atoms with Gasteiger partial charge in [-0.05, 0) is 24.6 Å². The van der Waals surface area contributed by atoms with Crippen LogP contribution in [0.2, 0.25) is 5.02 Å². The molecule has 0 aromatic heterocycles. The maximum absolute atomic E-state index is 13.6. The highest BCUT2D eigenvalue weighted by Crippen LogP contribution is 2.30. The highest BCUT2D eigenvalue weighted by Gasteiger charge is 2.29. The largest absolute Gasteiger partial charge is 0.481 e. The van der Waals surface area contributed by atoms with Crippen LogP contribution in [0.25, 0.3) is 0 Å². The molecule has 0 radical (unpaired) electrons. The summed E-state index contributed by atoms with van der Waals surface area (Å²) in [6.45, 7) is 1.92. The number of carbonyl (C=O) groups is 1. The normalized spacial score (nSPS) is 14.2. The van der Waals surface area contributed by atoms with Crippen LogP contribution >= 0.6 is 11.6 Å². The van der Waals surface area contributed by atoms with Crippen molar-refractivity contribution in [1.82, 2.24) is 0 Å². The monoisotopic (exact) mass is 274 g/mol.